The smallest absolute Gasteiger partial charge is 0.135 e. The van der Waals surface area contributed by atoms with Gasteiger partial charge in [-0.3, -0.25) is 4.21 Å². The second-order valence-corrected chi connectivity index (χ2v) is 6.32. The van der Waals surface area contributed by atoms with Crippen molar-refractivity contribution in [2.75, 3.05) is 5.73 Å². The Balaban J connectivity index is 1.78. The van der Waals surface area contributed by atoms with Gasteiger partial charge >= 0.3 is 0 Å². The minimum absolute atomic E-state index is 0.233. The number of hydrogen-bond donors (Lipinski definition) is 1. The van der Waals surface area contributed by atoms with Crippen LogP contribution in [0.2, 0.25) is 0 Å². The molecule has 1 atom stereocenters. The molecule has 4 aromatic rings. The number of nitrogen functional groups attached to an aromatic ring is 1. The Morgan fingerprint density at radius 1 is 0.920 bits per heavy atom. The average molecular weight is 351 g/mol. The van der Waals surface area contributed by atoms with Crippen molar-refractivity contribution in [3.63, 3.8) is 0 Å². The third-order valence-electron chi connectivity index (χ3n) is 3.86. The summed E-state index contributed by atoms with van der Waals surface area (Å²) in [6.07, 6.45) is 1.65. The quantitative estimate of drug-likeness (QED) is 0.564. The molecule has 0 amide bonds. The van der Waals surface area contributed by atoms with Gasteiger partial charge in [0.25, 0.3) is 0 Å². The lowest BCUT2D eigenvalue weighted by Gasteiger charge is -2.10. The maximum absolute atomic E-state index is 11.0. The molecule has 4 rings (SSSR count). The number of benzene rings is 2. The Morgan fingerprint density at radius 2 is 1.64 bits per heavy atom. The Morgan fingerprint density at radius 3 is 2.40 bits per heavy atom. The molecule has 0 saturated carbocycles. The van der Waals surface area contributed by atoms with Crippen molar-refractivity contribution < 1.29 is 13.4 Å². The number of fused-ring (bicyclic) bond motifs is 1. The van der Waals surface area contributed by atoms with Gasteiger partial charge in [0.05, 0.1) is 0 Å². The van der Waals surface area contributed by atoms with E-state index in [9.17, 15) is 8.76 Å². The molecule has 25 heavy (non-hydrogen) atoms. The number of anilines is 1. The molecule has 2 N–H and O–H groups in total. The van der Waals surface area contributed by atoms with Gasteiger partial charge in [-0.15, -0.1) is 0 Å². The van der Waals surface area contributed by atoms with E-state index in [0.717, 1.165) is 22.3 Å². The summed E-state index contributed by atoms with van der Waals surface area (Å²) < 4.78 is 26.7. The highest BCUT2D eigenvalue weighted by Gasteiger charge is 2.10. The molecule has 0 bridgehead atoms. The van der Waals surface area contributed by atoms with E-state index in [-0.39, 0.29) is 4.90 Å². The fourth-order valence-electron chi connectivity index (χ4n) is 2.57. The van der Waals surface area contributed by atoms with Crippen molar-refractivity contribution in [1.29, 1.82) is 0 Å². The lowest BCUT2D eigenvalue weighted by Crippen LogP contribution is -1.95. The summed E-state index contributed by atoms with van der Waals surface area (Å²) in [4.78, 5) is 4.49. The summed E-state index contributed by atoms with van der Waals surface area (Å²) in [5.74, 6) is 0.386. The summed E-state index contributed by atoms with van der Waals surface area (Å²) in [6.45, 7) is 0. The third-order valence-corrected chi connectivity index (χ3v) is 4.52. The van der Waals surface area contributed by atoms with Crippen LogP contribution < -0.4 is 5.73 Å². The molecule has 8 heteroatoms. The summed E-state index contributed by atoms with van der Waals surface area (Å²) in [6, 6.07) is 13.9. The molecule has 0 aliphatic carbocycles. The monoisotopic (exact) mass is 351 g/mol. The topological polar surface area (TPSA) is 118 Å². The highest BCUT2D eigenvalue weighted by molar-refractivity contribution is 7.79. The molecule has 0 fully saturated rings. The van der Waals surface area contributed by atoms with Crippen LogP contribution in [-0.2, 0) is 11.1 Å². The van der Waals surface area contributed by atoms with Crippen molar-refractivity contribution in [2.24, 2.45) is 0 Å². The second kappa shape index (κ2) is 6.08. The van der Waals surface area contributed by atoms with Gasteiger partial charge in [0, 0.05) is 22.2 Å². The fraction of sp³-hybridized carbons (Fsp3) is 0. The van der Waals surface area contributed by atoms with Crippen LogP contribution in [0.1, 0.15) is 0 Å². The predicted molar refractivity (Wildman–Crippen MR) is 92.1 cm³/mol. The van der Waals surface area contributed by atoms with Gasteiger partial charge in [-0.05, 0) is 62.9 Å². The number of pyridine rings is 1. The zero-order valence-electron chi connectivity index (χ0n) is 12.7. The van der Waals surface area contributed by atoms with Gasteiger partial charge in [-0.1, -0.05) is 18.2 Å². The van der Waals surface area contributed by atoms with E-state index in [1.807, 2.05) is 18.2 Å². The van der Waals surface area contributed by atoms with Gasteiger partial charge in [-0.2, -0.15) is 0 Å². The van der Waals surface area contributed by atoms with Crippen LogP contribution in [0.3, 0.4) is 0 Å². The average Bonchev–Trinajstić information content (AvgIpc) is 3.10. The zero-order valence-corrected chi connectivity index (χ0v) is 13.6. The molecule has 2 heterocycles. The predicted octanol–water partition coefficient (Wildman–Crippen LogP) is 2.77. The number of rotatable bonds is 3. The molecular formula is C17H11N4O3S-. The summed E-state index contributed by atoms with van der Waals surface area (Å²) in [7, 11) is 0. The molecule has 124 valence electrons. The second-order valence-electron chi connectivity index (χ2n) is 5.38. The first-order chi connectivity index (χ1) is 12.1. The van der Waals surface area contributed by atoms with E-state index in [4.69, 9.17) is 10.4 Å². The van der Waals surface area contributed by atoms with Crippen LogP contribution >= 0.6 is 0 Å². The summed E-state index contributed by atoms with van der Waals surface area (Å²) >= 11 is -2.25. The summed E-state index contributed by atoms with van der Waals surface area (Å²) in [5.41, 5.74) is 10.6. The minimum Gasteiger partial charge on any atom is -0.768 e. The third kappa shape index (κ3) is 2.88. The lowest BCUT2D eigenvalue weighted by atomic mass is 10.0. The molecule has 0 saturated heterocycles. The first-order valence-electron chi connectivity index (χ1n) is 7.30. The highest BCUT2D eigenvalue weighted by atomic mass is 32.2. The molecule has 0 radical (unpaired) electrons. The Kier molecular flexibility index (Phi) is 3.75. The maximum Gasteiger partial charge on any atom is 0.135 e. The van der Waals surface area contributed by atoms with E-state index in [1.165, 1.54) is 0 Å². The van der Waals surface area contributed by atoms with Gasteiger partial charge in [0.2, 0.25) is 0 Å². The number of aromatic nitrogens is 3. The number of nitrogens with two attached hydrogens (primary N) is 1. The van der Waals surface area contributed by atoms with Crippen LogP contribution in [0, 0.1) is 0 Å². The molecule has 0 aliphatic rings. The first kappa shape index (κ1) is 15.4. The van der Waals surface area contributed by atoms with Crippen molar-refractivity contribution in [3.8, 4) is 22.3 Å². The minimum atomic E-state index is -2.25. The summed E-state index contributed by atoms with van der Waals surface area (Å²) in [5, 5.41) is 7.62. The number of hydrogen-bond acceptors (Lipinski definition) is 7. The standard InChI is InChI=1S/C17H12N4O3S/c18-17-14(11-3-6-15-16(8-11)21-24-20-15)7-12(9-19-17)10-1-4-13(5-2-10)25(22)23/h1-9H,(H2,18,19)(H,22,23)/p-1. The van der Waals surface area contributed by atoms with Crippen LogP contribution in [-0.4, -0.2) is 24.1 Å². The van der Waals surface area contributed by atoms with Crippen LogP contribution in [0.15, 0.2) is 64.3 Å². The Hall–Kier alpha value is -3.10. The van der Waals surface area contributed by atoms with E-state index < -0.39 is 11.1 Å². The molecular weight excluding hydrogens is 340 g/mol. The molecule has 0 aliphatic heterocycles. The van der Waals surface area contributed by atoms with E-state index in [0.29, 0.717) is 16.9 Å². The van der Waals surface area contributed by atoms with Gasteiger partial charge in [0.1, 0.15) is 16.9 Å². The molecule has 2 aromatic carbocycles. The van der Waals surface area contributed by atoms with E-state index >= 15 is 0 Å². The largest absolute Gasteiger partial charge is 0.768 e. The van der Waals surface area contributed by atoms with Crippen LogP contribution in [0.25, 0.3) is 33.3 Å². The van der Waals surface area contributed by atoms with Gasteiger partial charge < -0.3 is 10.3 Å². The number of nitrogens with zero attached hydrogens (tertiary/aromatic N) is 3. The Labute approximate surface area is 144 Å². The van der Waals surface area contributed by atoms with Crippen molar-refractivity contribution >= 4 is 27.9 Å². The van der Waals surface area contributed by atoms with E-state index in [1.54, 1.807) is 36.5 Å². The van der Waals surface area contributed by atoms with Gasteiger partial charge in [0.15, 0.2) is 0 Å². The molecule has 7 nitrogen and oxygen atoms in total. The zero-order chi connectivity index (χ0) is 17.4. The van der Waals surface area contributed by atoms with E-state index in [2.05, 4.69) is 15.3 Å². The molecule has 1 unspecified atom stereocenters. The van der Waals surface area contributed by atoms with Crippen molar-refractivity contribution in [3.05, 3.63) is 54.7 Å². The normalized spacial score (nSPS) is 12.4. The Bertz CT molecular complexity index is 1090. The van der Waals surface area contributed by atoms with Gasteiger partial charge in [-0.25, -0.2) is 9.61 Å². The lowest BCUT2D eigenvalue weighted by molar-refractivity contribution is 0.315. The first-order valence-corrected chi connectivity index (χ1v) is 8.37. The SMILES string of the molecule is Nc1ncc(-c2ccc(S(=O)[O-])cc2)cc1-c1ccc2nonc2c1. The van der Waals surface area contributed by atoms with Crippen LogP contribution in [0.5, 0.6) is 0 Å². The fourth-order valence-corrected chi connectivity index (χ4v) is 2.93. The van der Waals surface area contributed by atoms with Crippen LogP contribution in [0.4, 0.5) is 5.82 Å². The molecule has 0 spiro atoms. The van der Waals surface area contributed by atoms with Crippen molar-refractivity contribution in [2.45, 2.75) is 4.90 Å². The maximum atomic E-state index is 11.0. The highest BCUT2D eigenvalue weighted by Crippen LogP contribution is 2.31. The molecule has 2 aromatic heterocycles. The van der Waals surface area contributed by atoms with Crippen molar-refractivity contribution in [1.82, 2.24) is 15.3 Å².